The molecule has 0 amide bonds. The summed E-state index contributed by atoms with van der Waals surface area (Å²) in [5.41, 5.74) is 1.89. The SMILES string of the molecule is Oc1ccc(-c2c[c]n[nH]2)cc1. The molecule has 3 heteroatoms. The van der Waals surface area contributed by atoms with Crippen LogP contribution in [0.1, 0.15) is 0 Å². The predicted molar refractivity (Wildman–Crippen MR) is 44.5 cm³/mol. The van der Waals surface area contributed by atoms with Gasteiger partial charge in [0, 0.05) is 0 Å². The van der Waals surface area contributed by atoms with Crippen molar-refractivity contribution in [3.05, 3.63) is 36.5 Å². The molecule has 3 nitrogen and oxygen atoms in total. The number of H-pyrrole nitrogens is 1. The van der Waals surface area contributed by atoms with Crippen LogP contribution >= 0.6 is 0 Å². The van der Waals surface area contributed by atoms with Gasteiger partial charge in [-0.25, -0.2) is 0 Å². The standard InChI is InChI=1S/C9H7N2O/c12-8-3-1-7(2-4-8)9-5-6-10-11-9/h1-5,12H,(H,10,11). The number of hydrogen-bond donors (Lipinski definition) is 2. The first kappa shape index (κ1) is 6.91. The summed E-state index contributed by atoms with van der Waals surface area (Å²) in [6.45, 7) is 0. The van der Waals surface area contributed by atoms with Crippen molar-refractivity contribution >= 4 is 0 Å². The van der Waals surface area contributed by atoms with Crippen molar-refractivity contribution in [3.63, 3.8) is 0 Å². The molecule has 0 aliphatic rings. The van der Waals surface area contributed by atoms with Gasteiger partial charge in [-0.15, -0.1) is 0 Å². The van der Waals surface area contributed by atoms with Crippen LogP contribution < -0.4 is 0 Å². The molecule has 0 bridgehead atoms. The minimum atomic E-state index is 0.266. The molecule has 1 radical (unpaired) electrons. The monoisotopic (exact) mass is 159 g/mol. The highest BCUT2D eigenvalue weighted by Crippen LogP contribution is 2.18. The van der Waals surface area contributed by atoms with Crippen molar-refractivity contribution in [2.24, 2.45) is 0 Å². The molecular formula is C9H7N2O. The van der Waals surface area contributed by atoms with E-state index < -0.39 is 0 Å². The second kappa shape index (κ2) is 2.70. The van der Waals surface area contributed by atoms with Crippen LogP contribution in [0.5, 0.6) is 5.75 Å². The molecule has 12 heavy (non-hydrogen) atoms. The Kier molecular flexibility index (Phi) is 1.55. The fraction of sp³-hybridized carbons (Fsp3) is 0. The third-order valence-corrected chi connectivity index (χ3v) is 1.63. The first-order valence-corrected chi connectivity index (χ1v) is 3.57. The van der Waals surface area contributed by atoms with Gasteiger partial charge in [-0.05, 0) is 35.9 Å². The Labute approximate surface area is 69.7 Å². The molecule has 59 valence electrons. The molecule has 0 unspecified atom stereocenters. The highest BCUT2D eigenvalue weighted by molar-refractivity contribution is 5.58. The first-order valence-electron chi connectivity index (χ1n) is 3.57. The molecule has 0 aliphatic heterocycles. The normalized spacial score (nSPS) is 10.0. The van der Waals surface area contributed by atoms with Crippen molar-refractivity contribution in [3.8, 4) is 17.0 Å². The molecular weight excluding hydrogens is 152 g/mol. The Balaban J connectivity index is 2.43. The third kappa shape index (κ3) is 1.16. The van der Waals surface area contributed by atoms with E-state index in [0.29, 0.717) is 0 Å². The van der Waals surface area contributed by atoms with Crippen molar-refractivity contribution in [2.45, 2.75) is 0 Å². The summed E-state index contributed by atoms with van der Waals surface area (Å²) >= 11 is 0. The number of nitrogens with zero attached hydrogens (tertiary/aromatic N) is 1. The summed E-state index contributed by atoms with van der Waals surface area (Å²) in [4.78, 5) is 0. The molecule has 2 rings (SSSR count). The van der Waals surface area contributed by atoms with E-state index in [1.165, 1.54) is 0 Å². The Hall–Kier alpha value is -1.77. The number of rotatable bonds is 1. The fourth-order valence-corrected chi connectivity index (χ4v) is 1.01. The zero-order valence-electron chi connectivity index (χ0n) is 6.28. The van der Waals surface area contributed by atoms with Crippen molar-refractivity contribution in [1.82, 2.24) is 10.2 Å². The van der Waals surface area contributed by atoms with Gasteiger partial charge in [0.05, 0.1) is 5.69 Å². The number of benzene rings is 1. The predicted octanol–water partition coefficient (Wildman–Crippen LogP) is 1.58. The van der Waals surface area contributed by atoms with Crippen LogP contribution in [0.25, 0.3) is 11.3 Å². The van der Waals surface area contributed by atoms with Crippen LogP contribution in [0.2, 0.25) is 0 Å². The average Bonchev–Trinajstić information content (AvgIpc) is 2.58. The molecule has 0 atom stereocenters. The molecule has 0 fully saturated rings. The number of aromatic nitrogens is 2. The largest absolute Gasteiger partial charge is 0.508 e. The lowest BCUT2D eigenvalue weighted by Crippen LogP contribution is -1.76. The van der Waals surface area contributed by atoms with Gasteiger partial charge in [-0.3, -0.25) is 5.10 Å². The van der Waals surface area contributed by atoms with Crippen LogP contribution in [0.3, 0.4) is 0 Å². The van der Waals surface area contributed by atoms with E-state index in [2.05, 4.69) is 16.4 Å². The molecule has 1 aromatic heterocycles. The maximum absolute atomic E-state index is 9.02. The first-order chi connectivity index (χ1) is 5.86. The van der Waals surface area contributed by atoms with Crippen LogP contribution in [0.15, 0.2) is 30.3 Å². The minimum Gasteiger partial charge on any atom is -0.508 e. The second-order valence-corrected chi connectivity index (χ2v) is 2.46. The Bertz CT molecular complexity index is 351. The Morgan fingerprint density at radius 2 is 2.00 bits per heavy atom. The van der Waals surface area contributed by atoms with E-state index >= 15 is 0 Å². The third-order valence-electron chi connectivity index (χ3n) is 1.63. The van der Waals surface area contributed by atoms with Crippen LogP contribution in [0.4, 0.5) is 0 Å². The van der Waals surface area contributed by atoms with Gasteiger partial charge >= 0.3 is 0 Å². The van der Waals surface area contributed by atoms with Crippen LogP contribution in [0, 0.1) is 6.20 Å². The summed E-state index contributed by atoms with van der Waals surface area (Å²) in [5, 5.41) is 15.5. The lowest BCUT2D eigenvalue weighted by molar-refractivity contribution is 0.475. The molecule has 2 N–H and O–H groups in total. The molecule has 0 saturated heterocycles. The lowest BCUT2D eigenvalue weighted by atomic mass is 10.1. The van der Waals surface area contributed by atoms with Gasteiger partial charge in [0.25, 0.3) is 0 Å². The van der Waals surface area contributed by atoms with E-state index in [-0.39, 0.29) is 5.75 Å². The Morgan fingerprint density at radius 3 is 2.58 bits per heavy atom. The molecule has 0 spiro atoms. The van der Waals surface area contributed by atoms with Crippen LogP contribution in [-0.4, -0.2) is 15.3 Å². The van der Waals surface area contributed by atoms with Crippen molar-refractivity contribution in [2.75, 3.05) is 0 Å². The van der Waals surface area contributed by atoms with Gasteiger partial charge in [0.15, 0.2) is 0 Å². The zero-order valence-corrected chi connectivity index (χ0v) is 6.28. The summed E-state index contributed by atoms with van der Waals surface area (Å²) in [6.07, 6.45) is 2.67. The number of hydrogen-bond acceptors (Lipinski definition) is 2. The van der Waals surface area contributed by atoms with Gasteiger partial charge < -0.3 is 5.11 Å². The number of phenols is 1. The number of nitrogens with one attached hydrogen (secondary N) is 1. The summed E-state index contributed by atoms with van der Waals surface area (Å²) in [5.74, 6) is 0.266. The van der Waals surface area contributed by atoms with E-state index in [9.17, 15) is 0 Å². The second-order valence-electron chi connectivity index (χ2n) is 2.46. The van der Waals surface area contributed by atoms with Crippen LogP contribution in [-0.2, 0) is 0 Å². The average molecular weight is 159 g/mol. The summed E-state index contributed by atoms with van der Waals surface area (Å²) in [7, 11) is 0. The number of phenolic OH excluding ortho intramolecular Hbond substituents is 1. The van der Waals surface area contributed by atoms with E-state index in [1.807, 2.05) is 12.1 Å². The number of aromatic amines is 1. The Morgan fingerprint density at radius 1 is 1.25 bits per heavy atom. The quantitative estimate of drug-likeness (QED) is 0.663. The molecule has 1 heterocycles. The minimum absolute atomic E-state index is 0.266. The van der Waals surface area contributed by atoms with Gasteiger partial charge in [0.1, 0.15) is 11.9 Å². The summed E-state index contributed by atoms with van der Waals surface area (Å²) in [6, 6.07) is 8.66. The van der Waals surface area contributed by atoms with Crippen molar-refractivity contribution in [1.29, 1.82) is 0 Å². The smallest absolute Gasteiger partial charge is 0.115 e. The lowest BCUT2D eigenvalue weighted by Gasteiger charge is -1.95. The maximum atomic E-state index is 9.02. The molecule has 0 saturated carbocycles. The van der Waals surface area contributed by atoms with E-state index in [1.54, 1.807) is 18.2 Å². The summed E-state index contributed by atoms with van der Waals surface area (Å²) < 4.78 is 0. The molecule has 0 aliphatic carbocycles. The highest BCUT2D eigenvalue weighted by Gasteiger charge is 1.97. The maximum Gasteiger partial charge on any atom is 0.115 e. The van der Waals surface area contributed by atoms with Gasteiger partial charge in [-0.1, -0.05) is 0 Å². The van der Waals surface area contributed by atoms with Crippen molar-refractivity contribution < 1.29 is 5.11 Å². The van der Waals surface area contributed by atoms with Gasteiger partial charge in [-0.2, -0.15) is 5.10 Å². The molecule has 1 aromatic carbocycles. The van der Waals surface area contributed by atoms with Gasteiger partial charge in [0.2, 0.25) is 0 Å². The highest BCUT2D eigenvalue weighted by atomic mass is 16.3. The molecule has 2 aromatic rings. The topological polar surface area (TPSA) is 48.9 Å². The van der Waals surface area contributed by atoms with E-state index in [4.69, 9.17) is 5.11 Å². The fourth-order valence-electron chi connectivity index (χ4n) is 1.01. The van der Waals surface area contributed by atoms with E-state index in [0.717, 1.165) is 11.3 Å². The number of aromatic hydroxyl groups is 1. The zero-order chi connectivity index (χ0) is 8.39.